The van der Waals surface area contributed by atoms with Crippen molar-refractivity contribution in [3.05, 3.63) is 0 Å². The molecule has 0 aromatic rings. The molecule has 2 aliphatic rings. The van der Waals surface area contributed by atoms with Crippen molar-refractivity contribution >= 4 is 20.2 Å². The summed E-state index contributed by atoms with van der Waals surface area (Å²) in [6, 6.07) is 0. The summed E-state index contributed by atoms with van der Waals surface area (Å²) in [6.45, 7) is 3.94. The molecule has 2 saturated heterocycles. The number of nitrogens with zero attached hydrogens (tertiary/aromatic N) is 2. The Balaban J connectivity index is 0. The van der Waals surface area contributed by atoms with E-state index in [-0.39, 0.29) is 0 Å². The van der Waals surface area contributed by atoms with Crippen LogP contribution in [0, 0.1) is 11.1 Å². The number of hydrogen-bond acceptors (Lipinski definition) is 8. The molecule has 10 nitrogen and oxygen atoms in total. The molecule has 2 heterocycles. The van der Waals surface area contributed by atoms with Crippen LogP contribution in [-0.4, -0.2) is 74.0 Å². The lowest BCUT2D eigenvalue weighted by Crippen LogP contribution is -1.97. The van der Waals surface area contributed by atoms with Gasteiger partial charge in [-0.2, -0.15) is 0 Å². The molecular formula is C10H24N4O6S2. The zero-order chi connectivity index (χ0) is 17.8. The van der Waals surface area contributed by atoms with Crippen molar-refractivity contribution in [3.8, 4) is 0 Å². The maximum absolute atomic E-state index is 9.08. The number of hydrogen-bond donors (Lipinski definition) is 2. The summed E-state index contributed by atoms with van der Waals surface area (Å²) in [6.07, 6.45) is 6.11. The van der Waals surface area contributed by atoms with Crippen LogP contribution in [0.4, 0.5) is 0 Å². The first-order chi connectivity index (χ1) is 9.79. The Kier molecular flexibility index (Phi) is 12.2. The third-order valence-corrected chi connectivity index (χ3v) is 2.21. The minimum absolute atomic E-state index is 0.604. The Hall–Kier alpha value is -0.980. The van der Waals surface area contributed by atoms with Crippen molar-refractivity contribution in [1.82, 2.24) is 0 Å². The van der Waals surface area contributed by atoms with Crippen LogP contribution < -0.4 is 0 Å². The van der Waals surface area contributed by atoms with Crippen molar-refractivity contribution in [3.63, 3.8) is 0 Å². The van der Waals surface area contributed by atoms with Gasteiger partial charge in [-0.25, -0.2) is 16.8 Å². The van der Waals surface area contributed by atoms with Crippen molar-refractivity contribution in [2.45, 2.75) is 25.7 Å². The molecule has 2 fully saturated rings. The van der Waals surface area contributed by atoms with Crippen molar-refractivity contribution < 1.29 is 35.3 Å². The van der Waals surface area contributed by atoms with Gasteiger partial charge in [0.15, 0.2) is 26.2 Å². The maximum Gasteiger partial charge on any atom is 0.168 e. The first-order valence-corrected chi connectivity index (χ1v) is 10.2. The van der Waals surface area contributed by atoms with Gasteiger partial charge in [0.2, 0.25) is 0 Å². The fourth-order valence-corrected chi connectivity index (χ4v) is 1.43. The highest BCUT2D eigenvalue weighted by Gasteiger charge is 2.10. The average molecular weight is 360 g/mol. The third-order valence-electron chi connectivity index (χ3n) is 2.21. The topological polar surface area (TPSA) is 168 Å². The van der Waals surface area contributed by atoms with Crippen LogP contribution in [0.15, 0.2) is 0 Å². The predicted octanol–water partition coefficient (Wildman–Crippen LogP) is -0.0299. The minimum Gasteiger partial charge on any atom is -0.748 e. The van der Waals surface area contributed by atoms with Gasteiger partial charge >= 0.3 is 0 Å². The van der Waals surface area contributed by atoms with E-state index in [1.807, 2.05) is 0 Å². The van der Waals surface area contributed by atoms with Crippen LogP contribution in [0.2, 0.25) is 0 Å². The van der Waals surface area contributed by atoms with E-state index in [9.17, 15) is 0 Å². The summed E-state index contributed by atoms with van der Waals surface area (Å²) in [5.74, 6) is 0. The van der Waals surface area contributed by atoms with Crippen LogP contribution in [0.5, 0.6) is 0 Å². The van der Waals surface area contributed by atoms with Crippen LogP contribution in [-0.2, 0) is 20.2 Å². The highest BCUT2D eigenvalue weighted by atomic mass is 32.2. The van der Waals surface area contributed by atoms with Gasteiger partial charge in [0.1, 0.15) is 0 Å². The second-order valence-electron chi connectivity index (χ2n) is 4.80. The quantitative estimate of drug-likeness (QED) is 0.454. The lowest BCUT2D eigenvalue weighted by Gasteiger charge is -1.90. The molecule has 0 radical (unpaired) electrons. The standard InChI is InChI=1S/2C4H9N2.2CH4O3S/c2*5-6-3-1-2-4-6;2*1-5(2,3)4/h2*5H,1-4H2;2*1H3,(H,2,3,4)/q2*+1;;/p-2. The van der Waals surface area contributed by atoms with E-state index in [4.69, 9.17) is 37.0 Å². The van der Waals surface area contributed by atoms with Gasteiger partial charge in [-0.3, -0.25) is 0 Å². The Morgan fingerprint density at radius 2 is 0.818 bits per heavy atom. The first-order valence-electron chi connectivity index (χ1n) is 6.53. The molecule has 2 aliphatic heterocycles. The van der Waals surface area contributed by atoms with Gasteiger partial charge in [-0.1, -0.05) is 11.1 Å². The molecule has 0 aromatic heterocycles. The SMILES string of the molecule is CS(=O)(=O)[O-].CS(=O)(=O)[O-].N=[N+]1CCCC1.N=[N+]1CCCC1. The Morgan fingerprint density at radius 3 is 0.864 bits per heavy atom. The molecule has 0 saturated carbocycles. The summed E-state index contributed by atoms with van der Waals surface area (Å²) < 4.78 is 57.7. The van der Waals surface area contributed by atoms with Crippen molar-refractivity contribution in [2.75, 3.05) is 38.7 Å². The number of nitrogens with one attached hydrogen (secondary N) is 2. The van der Waals surface area contributed by atoms with Crippen molar-refractivity contribution in [1.29, 1.82) is 11.1 Å². The normalized spacial score (nSPS) is 17.5. The molecule has 12 heteroatoms. The molecule has 0 unspecified atom stereocenters. The van der Waals surface area contributed by atoms with E-state index >= 15 is 0 Å². The van der Waals surface area contributed by atoms with Gasteiger partial charge in [0.05, 0.1) is 20.2 Å². The summed E-state index contributed by atoms with van der Waals surface area (Å²) in [4.78, 5) is 0. The maximum atomic E-state index is 9.08. The van der Waals surface area contributed by atoms with Crippen LogP contribution in [0.1, 0.15) is 25.7 Å². The van der Waals surface area contributed by atoms with Gasteiger partial charge in [0.25, 0.3) is 0 Å². The average Bonchev–Trinajstić information content (AvgIpc) is 2.87. The summed E-state index contributed by atoms with van der Waals surface area (Å²) in [5.41, 5.74) is 13.9. The predicted molar refractivity (Wildman–Crippen MR) is 75.1 cm³/mol. The molecule has 2 rings (SSSR count). The highest BCUT2D eigenvalue weighted by Crippen LogP contribution is 1.98. The van der Waals surface area contributed by atoms with Gasteiger partial charge < -0.3 is 9.11 Å². The molecule has 0 atom stereocenters. The zero-order valence-corrected chi connectivity index (χ0v) is 14.5. The Labute approximate surface area is 131 Å². The summed E-state index contributed by atoms with van der Waals surface area (Å²) in [7, 11) is -7.83. The molecular weight excluding hydrogens is 336 g/mol. The monoisotopic (exact) mass is 360 g/mol. The van der Waals surface area contributed by atoms with E-state index < -0.39 is 20.2 Å². The van der Waals surface area contributed by atoms with E-state index in [0.717, 1.165) is 26.2 Å². The molecule has 0 aromatic carbocycles. The third kappa shape index (κ3) is 36.4. The van der Waals surface area contributed by atoms with Gasteiger partial charge in [0, 0.05) is 38.2 Å². The Bertz CT molecular complexity index is 462. The van der Waals surface area contributed by atoms with Gasteiger partial charge in [-0.05, 0) is 0 Å². The Morgan fingerprint density at radius 1 is 0.682 bits per heavy atom. The fraction of sp³-hybridized carbons (Fsp3) is 1.00. The zero-order valence-electron chi connectivity index (χ0n) is 12.8. The van der Waals surface area contributed by atoms with E-state index in [1.165, 1.54) is 25.7 Å². The second-order valence-corrected chi connectivity index (χ2v) is 7.61. The minimum atomic E-state index is -3.92. The smallest absolute Gasteiger partial charge is 0.168 e. The van der Waals surface area contributed by atoms with Gasteiger partial charge in [-0.15, -0.1) is 9.39 Å². The van der Waals surface area contributed by atoms with E-state index in [2.05, 4.69) is 0 Å². The lowest BCUT2D eigenvalue weighted by atomic mass is 10.4. The molecule has 132 valence electrons. The highest BCUT2D eigenvalue weighted by molar-refractivity contribution is 7.85. The largest absolute Gasteiger partial charge is 0.748 e. The van der Waals surface area contributed by atoms with Crippen LogP contribution in [0.3, 0.4) is 0 Å². The van der Waals surface area contributed by atoms with Crippen LogP contribution in [0.25, 0.3) is 0 Å². The van der Waals surface area contributed by atoms with Crippen LogP contribution >= 0.6 is 0 Å². The molecule has 0 bridgehead atoms. The number of rotatable bonds is 0. The van der Waals surface area contributed by atoms with Crippen molar-refractivity contribution in [2.24, 2.45) is 0 Å². The molecule has 0 spiro atoms. The molecule has 0 aliphatic carbocycles. The van der Waals surface area contributed by atoms with E-state index in [0.29, 0.717) is 12.5 Å². The first kappa shape index (κ1) is 23.3. The summed E-state index contributed by atoms with van der Waals surface area (Å²) >= 11 is 0. The molecule has 2 N–H and O–H groups in total. The summed E-state index contributed by atoms with van der Waals surface area (Å²) in [5, 5.41) is 0. The molecule has 22 heavy (non-hydrogen) atoms. The lowest BCUT2D eigenvalue weighted by molar-refractivity contribution is -0.596. The van der Waals surface area contributed by atoms with E-state index in [1.54, 1.807) is 9.39 Å². The fourth-order valence-electron chi connectivity index (χ4n) is 1.43. The second kappa shape index (κ2) is 11.6. The molecule has 0 amide bonds.